The Kier molecular flexibility index (Phi) is 5.24. The van der Waals surface area contributed by atoms with E-state index in [2.05, 4.69) is 19.2 Å². The lowest BCUT2D eigenvalue weighted by molar-refractivity contribution is -0.124. The number of halogens is 2. The molecule has 28 heavy (non-hydrogen) atoms. The average molecular weight is 433 g/mol. The number of rotatable bonds is 2. The van der Waals surface area contributed by atoms with Crippen LogP contribution >= 0.6 is 35.0 Å². The number of carbonyl (C=O) groups excluding carboxylic acids is 1. The van der Waals surface area contributed by atoms with Gasteiger partial charge in [0.25, 0.3) is 0 Å². The van der Waals surface area contributed by atoms with Crippen molar-refractivity contribution in [3.63, 3.8) is 0 Å². The van der Waals surface area contributed by atoms with E-state index in [1.54, 1.807) is 11.8 Å². The quantitative estimate of drug-likeness (QED) is 0.599. The van der Waals surface area contributed by atoms with E-state index in [1.165, 1.54) is 0 Å². The first-order valence-corrected chi connectivity index (χ1v) is 11.3. The average Bonchev–Trinajstić information content (AvgIpc) is 2.93. The summed E-state index contributed by atoms with van der Waals surface area (Å²) in [5.74, 6) is 0.405. The number of carbonyl (C=O) groups is 1. The molecule has 3 nitrogen and oxygen atoms in total. The SMILES string of the molecule is CSC1=NC(c2cccc(Cl)c2)C2(C(=O)Nc3cc(Cl)ccc32)C(C(C)C)C1. The van der Waals surface area contributed by atoms with Crippen LogP contribution in [-0.2, 0) is 10.2 Å². The minimum atomic E-state index is -0.780. The molecule has 1 spiro atoms. The third kappa shape index (κ3) is 2.97. The van der Waals surface area contributed by atoms with Crippen molar-refractivity contribution >= 4 is 51.6 Å². The second-order valence-corrected chi connectivity index (χ2v) is 9.50. The molecule has 0 radical (unpaired) electrons. The first-order valence-electron chi connectivity index (χ1n) is 9.35. The Morgan fingerprint density at radius 1 is 1.18 bits per heavy atom. The Morgan fingerprint density at radius 3 is 2.61 bits per heavy atom. The predicted octanol–water partition coefficient (Wildman–Crippen LogP) is 6.36. The highest BCUT2D eigenvalue weighted by Crippen LogP contribution is 2.58. The molecule has 0 fully saturated rings. The van der Waals surface area contributed by atoms with Gasteiger partial charge in [0.15, 0.2) is 0 Å². The van der Waals surface area contributed by atoms with Crippen LogP contribution in [0.15, 0.2) is 47.5 Å². The molecule has 1 amide bonds. The van der Waals surface area contributed by atoms with Crippen LogP contribution in [0.1, 0.15) is 37.4 Å². The molecule has 0 bridgehead atoms. The van der Waals surface area contributed by atoms with Gasteiger partial charge in [0.2, 0.25) is 5.91 Å². The summed E-state index contributed by atoms with van der Waals surface area (Å²) in [7, 11) is 0. The zero-order valence-corrected chi connectivity index (χ0v) is 18.3. The normalized spacial score (nSPS) is 26.4. The topological polar surface area (TPSA) is 41.5 Å². The molecule has 2 aromatic rings. The Hall–Kier alpha value is -1.49. The Morgan fingerprint density at radius 2 is 1.93 bits per heavy atom. The van der Waals surface area contributed by atoms with E-state index >= 15 is 0 Å². The summed E-state index contributed by atoms with van der Waals surface area (Å²) in [6, 6.07) is 13.1. The number of nitrogens with one attached hydrogen (secondary N) is 1. The van der Waals surface area contributed by atoms with E-state index in [-0.39, 0.29) is 17.9 Å². The molecule has 3 unspecified atom stereocenters. The van der Waals surface area contributed by atoms with Gasteiger partial charge < -0.3 is 5.32 Å². The van der Waals surface area contributed by atoms with Crippen LogP contribution in [0, 0.1) is 11.8 Å². The van der Waals surface area contributed by atoms with Crippen molar-refractivity contribution in [2.75, 3.05) is 11.6 Å². The van der Waals surface area contributed by atoms with Gasteiger partial charge in [-0.25, -0.2) is 0 Å². The number of nitrogens with zero attached hydrogens (tertiary/aromatic N) is 1. The van der Waals surface area contributed by atoms with Crippen LogP contribution in [0.2, 0.25) is 10.0 Å². The molecule has 0 aliphatic carbocycles. The molecule has 0 aromatic heterocycles. The molecule has 4 rings (SSSR count). The van der Waals surface area contributed by atoms with Gasteiger partial charge in [0.05, 0.1) is 11.1 Å². The lowest BCUT2D eigenvalue weighted by atomic mass is 9.59. The minimum absolute atomic E-state index is 0.00246. The van der Waals surface area contributed by atoms with E-state index in [1.807, 2.05) is 48.7 Å². The molecular formula is C22H22Cl2N2OS. The monoisotopic (exact) mass is 432 g/mol. The fraction of sp³-hybridized carbons (Fsp3) is 0.364. The summed E-state index contributed by atoms with van der Waals surface area (Å²) >= 11 is 14.2. The summed E-state index contributed by atoms with van der Waals surface area (Å²) in [6.45, 7) is 4.37. The first kappa shape index (κ1) is 19.8. The first-order chi connectivity index (χ1) is 13.4. The maximum atomic E-state index is 13.6. The highest BCUT2D eigenvalue weighted by Gasteiger charge is 2.60. The number of benzene rings is 2. The van der Waals surface area contributed by atoms with Crippen molar-refractivity contribution in [1.82, 2.24) is 0 Å². The van der Waals surface area contributed by atoms with Gasteiger partial charge in [0.1, 0.15) is 5.41 Å². The van der Waals surface area contributed by atoms with Crippen molar-refractivity contribution in [2.24, 2.45) is 16.8 Å². The van der Waals surface area contributed by atoms with Crippen LogP contribution in [0.4, 0.5) is 5.69 Å². The fourth-order valence-electron chi connectivity index (χ4n) is 4.73. The number of amides is 1. The molecule has 146 valence electrons. The molecule has 2 aliphatic heterocycles. The molecule has 1 N–H and O–H groups in total. The largest absolute Gasteiger partial charge is 0.325 e. The lowest BCUT2D eigenvalue weighted by Crippen LogP contribution is -2.51. The lowest BCUT2D eigenvalue weighted by Gasteiger charge is -2.46. The van der Waals surface area contributed by atoms with Gasteiger partial charge in [-0.15, -0.1) is 11.8 Å². The van der Waals surface area contributed by atoms with Crippen LogP contribution < -0.4 is 5.32 Å². The van der Waals surface area contributed by atoms with Crippen LogP contribution in [0.3, 0.4) is 0 Å². The zero-order chi connectivity index (χ0) is 20.1. The standard InChI is InChI=1S/C22H22Cl2N2OS/c1-12(2)17-11-19(28-3)26-20(13-5-4-6-14(23)9-13)22(17)16-8-7-15(24)10-18(16)25-21(22)27/h4-10,12,17,20H,11H2,1-3H3,(H,25,27). The number of hydrogen-bond donors (Lipinski definition) is 1. The summed E-state index contributed by atoms with van der Waals surface area (Å²) in [5.41, 5.74) is 1.95. The molecule has 2 aromatic carbocycles. The Balaban J connectivity index is 2.02. The maximum Gasteiger partial charge on any atom is 0.237 e. The van der Waals surface area contributed by atoms with E-state index in [9.17, 15) is 4.79 Å². The smallest absolute Gasteiger partial charge is 0.237 e. The van der Waals surface area contributed by atoms with Gasteiger partial charge in [-0.1, -0.05) is 55.2 Å². The second-order valence-electron chi connectivity index (χ2n) is 7.75. The summed E-state index contributed by atoms with van der Waals surface area (Å²) in [4.78, 5) is 18.7. The highest BCUT2D eigenvalue weighted by molar-refractivity contribution is 8.13. The molecule has 0 saturated carbocycles. The maximum absolute atomic E-state index is 13.6. The Labute approximate surface area is 179 Å². The second kappa shape index (κ2) is 7.40. The number of aliphatic imine (C=N–C) groups is 1. The summed E-state index contributed by atoms with van der Waals surface area (Å²) < 4.78 is 0. The zero-order valence-electron chi connectivity index (χ0n) is 16.0. The van der Waals surface area contributed by atoms with E-state index in [0.717, 1.165) is 28.3 Å². The van der Waals surface area contributed by atoms with Gasteiger partial charge >= 0.3 is 0 Å². The molecule has 0 saturated heterocycles. The van der Waals surface area contributed by atoms with Crippen LogP contribution in [0.25, 0.3) is 0 Å². The predicted molar refractivity (Wildman–Crippen MR) is 120 cm³/mol. The summed E-state index contributed by atoms with van der Waals surface area (Å²) in [6.07, 6.45) is 2.83. The van der Waals surface area contributed by atoms with Crippen molar-refractivity contribution in [2.45, 2.75) is 31.7 Å². The summed E-state index contributed by atoms with van der Waals surface area (Å²) in [5, 5.41) is 5.43. The molecule has 3 atom stereocenters. The third-order valence-corrected chi connectivity index (χ3v) is 7.15. The number of hydrogen-bond acceptors (Lipinski definition) is 3. The number of thioether (sulfide) groups is 1. The molecular weight excluding hydrogens is 411 g/mol. The molecule has 2 aliphatic rings. The number of anilines is 1. The van der Waals surface area contributed by atoms with Crippen molar-refractivity contribution in [3.05, 3.63) is 63.6 Å². The van der Waals surface area contributed by atoms with E-state index in [0.29, 0.717) is 16.0 Å². The van der Waals surface area contributed by atoms with Crippen LogP contribution in [0.5, 0.6) is 0 Å². The van der Waals surface area contributed by atoms with Crippen molar-refractivity contribution in [1.29, 1.82) is 0 Å². The third-order valence-electron chi connectivity index (χ3n) is 5.94. The van der Waals surface area contributed by atoms with E-state index < -0.39 is 5.41 Å². The van der Waals surface area contributed by atoms with Gasteiger partial charge in [-0.2, -0.15) is 0 Å². The van der Waals surface area contributed by atoms with Gasteiger partial charge in [0, 0.05) is 15.7 Å². The molecule has 6 heteroatoms. The number of fused-ring (bicyclic) bond motifs is 2. The van der Waals surface area contributed by atoms with E-state index in [4.69, 9.17) is 28.2 Å². The minimum Gasteiger partial charge on any atom is -0.325 e. The van der Waals surface area contributed by atoms with Crippen molar-refractivity contribution < 1.29 is 4.79 Å². The highest BCUT2D eigenvalue weighted by atomic mass is 35.5. The molecule has 2 heterocycles. The Bertz CT molecular complexity index is 975. The fourth-order valence-corrected chi connectivity index (χ4v) is 5.66. The van der Waals surface area contributed by atoms with Crippen LogP contribution in [-0.4, -0.2) is 17.2 Å². The van der Waals surface area contributed by atoms with Gasteiger partial charge in [-0.05, 0) is 59.9 Å². The van der Waals surface area contributed by atoms with Gasteiger partial charge in [-0.3, -0.25) is 9.79 Å². The van der Waals surface area contributed by atoms with Crippen molar-refractivity contribution in [3.8, 4) is 0 Å².